The monoisotopic (exact) mass is 417 g/mol. The molecule has 0 saturated carbocycles. The van der Waals surface area contributed by atoms with Crippen LogP contribution in [0.3, 0.4) is 0 Å². The quantitative estimate of drug-likeness (QED) is 0.546. The Labute approximate surface area is 159 Å². The minimum absolute atomic E-state index is 0.172. The number of halogens is 1. The summed E-state index contributed by atoms with van der Waals surface area (Å²) in [7, 11) is 4.57. The van der Waals surface area contributed by atoms with Crippen molar-refractivity contribution in [2.24, 2.45) is 4.99 Å². The summed E-state index contributed by atoms with van der Waals surface area (Å²) < 4.78 is 22.2. The molecule has 0 atom stereocenters. The topological polar surface area (TPSA) is 66.4 Å². The molecular weight excluding hydrogens is 402 g/mol. The van der Waals surface area contributed by atoms with Crippen molar-refractivity contribution >= 4 is 33.9 Å². The third-order valence-electron chi connectivity index (χ3n) is 3.72. The number of rotatable bonds is 5. The first-order chi connectivity index (χ1) is 12.6. The molecule has 0 bridgehead atoms. The van der Waals surface area contributed by atoms with Gasteiger partial charge in [0.1, 0.15) is 0 Å². The zero-order valence-corrected chi connectivity index (χ0v) is 16.0. The van der Waals surface area contributed by atoms with Gasteiger partial charge in [-0.2, -0.15) is 0 Å². The first kappa shape index (κ1) is 18.0. The molecular formula is C19H16BrNO5. The summed E-state index contributed by atoms with van der Waals surface area (Å²) in [4.78, 5) is 16.5. The Bertz CT molecular complexity index is 920. The van der Waals surface area contributed by atoms with Crippen molar-refractivity contribution in [2.45, 2.75) is 0 Å². The van der Waals surface area contributed by atoms with Crippen molar-refractivity contribution in [3.05, 3.63) is 57.7 Å². The van der Waals surface area contributed by atoms with E-state index in [-0.39, 0.29) is 11.6 Å². The number of hydrogen-bond donors (Lipinski definition) is 0. The Kier molecular flexibility index (Phi) is 5.27. The van der Waals surface area contributed by atoms with E-state index in [0.717, 1.165) is 4.47 Å². The summed E-state index contributed by atoms with van der Waals surface area (Å²) in [5.74, 6) is 1.13. The Balaban J connectivity index is 2.03. The molecule has 0 amide bonds. The highest BCUT2D eigenvalue weighted by molar-refractivity contribution is 9.10. The van der Waals surface area contributed by atoms with Crippen LogP contribution in [0.15, 0.2) is 51.6 Å². The van der Waals surface area contributed by atoms with E-state index in [0.29, 0.717) is 28.4 Å². The zero-order chi connectivity index (χ0) is 18.7. The number of hydrogen-bond acceptors (Lipinski definition) is 6. The van der Waals surface area contributed by atoms with Crippen LogP contribution in [0.5, 0.6) is 17.2 Å². The van der Waals surface area contributed by atoms with Crippen LogP contribution in [0.4, 0.5) is 0 Å². The molecule has 0 spiro atoms. The van der Waals surface area contributed by atoms with E-state index in [2.05, 4.69) is 20.9 Å². The molecule has 0 aromatic heterocycles. The molecule has 6 nitrogen and oxygen atoms in total. The van der Waals surface area contributed by atoms with E-state index in [1.807, 2.05) is 24.3 Å². The average Bonchev–Trinajstić information content (AvgIpc) is 3.01. The Hall–Kier alpha value is -2.80. The number of esters is 1. The predicted molar refractivity (Wildman–Crippen MR) is 101 cm³/mol. The van der Waals surface area contributed by atoms with Crippen molar-refractivity contribution in [3.8, 4) is 17.2 Å². The van der Waals surface area contributed by atoms with Crippen molar-refractivity contribution in [3.63, 3.8) is 0 Å². The first-order valence-electron chi connectivity index (χ1n) is 7.65. The lowest BCUT2D eigenvalue weighted by Gasteiger charge is -2.14. The molecule has 0 saturated heterocycles. The van der Waals surface area contributed by atoms with E-state index in [4.69, 9.17) is 18.9 Å². The number of aliphatic imine (C=N–C) groups is 1. The minimum Gasteiger partial charge on any atom is -0.493 e. The summed E-state index contributed by atoms with van der Waals surface area (Å²) in [5, 5.41) is 0. The second-order valence-corrected chi connectivity index (χ2v) is 6.19. The van der Waals surface area contributed by atoms with E-state index >= 15 is 0 Å². The lowest BCUT2D eigenvalue weighted by Crippen LogP contribution is -2.05. The third kappa shape index (κ3) is 3.43. The molecule has 1 heterocycles. The van der Waals surface area contributed by atoms with Gasteiger partial charge in [-0.15, -0.1) is 0 Å². The van der Waals surface area contributed by atoms with Gasteiger partial charge in [0.2, 0.25) is 11.6 Å². The Morgan fingerprint density at radius 2 is 1.81 bits per heavy atom. The molecule has 2 aromatic carbocycles. The van der Waals surface area contributed by atoms with Crippen LogP contribution >= 0.6 is 15.9 Å². The van der Waals surface area contributed by atoms with Gasteiger partial charge in [0.15, 0.2) is 17.2 Å². The fourth-order valence-corrected chi connectivity index (χ4v) is 2.94. The van der Waals surface area contributed by atoms with Crippen LogP contribution in [0.25, 0.3) is 6.08 Å². The fraction of sp³-hybridized carbons (Fsp3) is 0.158. The van der Waals surface area contributed by atoms with E-state index in [9.17, 15) is 4.79 Å². The molecule has 1 aliphatic heterocycles. The second kappa shape index (κ2) is 7.61. The first-order valence-corrected chi connectivity index (χ1v) is 8.44. The van der Waals surface area contributed by atoms with Gasteiger partial charge < -0.3 is 18.9 Å². The molecule has 0 N–H and O–H groups in total. The molecule has 0 unspecified atom stereocenters. The fourth-order valence-electron chi connectivity index (χ4n) is 2.54. The van der Waals surface area contributed by atoms with Gasteiger partial charge >= 0.3 is 5.97 Å². The highest BCUT2D eigenvalue weighted by atomic mass is 79.9. The van der Waals surface area contributed by atoms with Crippen molar-refractivity contribution in [2.75, 3.05) is 21.3 Å². The van der Waals surface area contributed by atoms with Gasteiger partial charge in [0, 0.05) is 15.6 Å². The Morgan fingerprint density at radius 3 is 2.46 bits per heavy atom. The highest BCUT2D eigenvalue weighted by Crippen LogP contribution is 2.40. The number of methoxy groups -OCH3 is 3. The molecule has 3 rings (SSSR count). The summed E-state index contributed by atoms with van der Waals surface area (Å²) in [5.41, 5.74) is 1.50. The van der Waals surface area contributed by atoms with Gasteiger partial charge in [-0.05, 0) is 36.4 Å². The van der Waals surface area contributed by atoms with Crippen LogP contribution in [0.2, 0.25) is 0 Å². The summed E-state index contributed by atoms with van der Waals surface area (Å²) in [6.45, 7) is 0. The smallest absolute Gasteiger partial charge is 0.363 e. The average molecular weight is 418 g/mol. The normalized spacial score (nSPS) is 14.8. The lowest BCUT2D eigenvalue weighted by molar-refractivity contribution is -0.129. The van der Waals surface area contributed by atoms with Crippen molar-refractivity contribution in [1.29, 1.82) is 0 Å². The van der Waals surface area contributed by atoms with Crippen LogP contribution in [-0.4, -0.2) is 33.2 Å². The zero-order valence-electron chi connectivity index (χ0n) is 14.4. The molecule has 0 fully saturated rings. The largest absolute Gasteiger partial charge is 0.493 e. The SMILES string of the molecule is COc1ccc(/C=C2\N=C(c3cccc(Br)c3)OC2=O)c(OC)c1OC. The molecule has 134 valence electrons. The van der Waals surface area contributed by atoms with E-state index in [1.165, 1.54) is 14.2 Å². The number of cyclic esters (lactones) is 1. The maximum Gasteiger partial charge on any atom is 0.363 e. The van der Waals surface area contributed by atoms with Gasteiger partial charge in [-0.3, -0.25) is 0 Å². The summed E-state index contributed by atoms with van der Waals surface area (Å²) >= 11 is 3.39. The van der Waals surface area contributed by atoms with Crippen LogP contribution < -0.4 is 14.2 Å². The second-order valence-electron chi connectivity index (χ2n) is 5.27. The number of ether oxygens (including phenoxy) is 4. The Morgan fingerprint density at radius 1 is 1.04 bits per heavy atom. The van der Waals surface area contributed by atoms with Crippen LogP contribution in [0, 0.1) is 0 Å². The predicted octanol–water partition coefficient (Wildman–Crippen LogP) is 3.82. The van der Waals surface area contributed by atoms with Crippen molar-refractivity contribution in [1.82, 2.24) is 0 Å². The lowest BCUT2D eigenvalue weighted by atomic mass is 10.1. The summed E-state index contributed by atoms with van der Waals surface area (Å²) in [6.07, 6.45) is 1.59. The van der Waals surface area contributed by atoms with E-state index < -0.39 is 5.97 Å². The number of nitrogens with zero attached hydrogens (tertiary/aromatic N) is 1. The number of carbonyl (C=O) groups is 1. The van der Waals surface area contributed by atoms with E-state index in [1.54, 1.807) is 25.3 Å². The molecule has 2 aromatic rings. The van der Waals surface area contributed by atoms with Crippen LogP contribution in [0.1, 0.15) is 11.1 Å². The molecule has 0 radical (unpaired) electrons. The van der Waals surface area contributed by atoms with Gasteiger partial charge in [0.05, 0.1) is 21.3 Å². The maximum absolute atomic E-state index is 12.2. The van der Waals surface area contributed by atoms with Gasteiger partial charge in [-0.25, -0.2) is 9.79 Å². The van der Waals surface area contributed by atoms with Crippen LogP contribution in [-0.2, 0) is 9.53 Å². The summed E-state index contributed by atoms with van der Waals surface area (Å²) in [6, 6.07) is 10.9. The van der Waals surface area contributed by atoms with Gasteiger partial charge in [-0.1, -0.05) is 22.0 Å². The standard InChI is InChI=1S/C19H16BrNO5/c1-23-15-8-7-11(16(24-2)17(15)25-3)10-14-19(22)26-18(21-14)12-5-4-6-13(20)9-12/h4-10H,1-3H3/b14-10-. The number of carbonyl (C=O) groups excluding carboxylic acids is 1. The molecule has 7 heteroatoms. The van der Waals surface area contributed by atoms with Crippen molar-refractivity contribution < 1.29 is 23.7 Å². The third-order valence-corrected chi connectivity index (χ3v) is 4.21. The molecule has 26 heavy (non-hydrogen) atoms. The molecule has 1 aliphatic rings. The minimum atomic E-state index is -0.531. The maximum atomic E-state index is 12.2. The highest BCUT2D eigenvalue weighted by Gasteiger charge is 2.25. The van der Waals surface area contributed by atoms with Gasteiger partial charge in [0.25, 0.3) is 0 Å². The number of benzene rings is 2. The molecule has 0 aliphatic carbocycles.